The summed E-state index contributed by atoms with van der Waals surface area (Å²) >= 11 is 0. The molecular formula is C18H20N2O5. The predicted molar refractivity (Wildman–Crippen MR) is 89.6 cm³/mol. The van der Waals surface area contributed by atoms with E-state index in [0.29, 0.717) is 17.7 Å². The van der Waals surface area contributed by atoms with Crippen molar-refractivity contribution in [1.29, 1.82) is 5.26 Å². The fourth-order valence-corrected chi connectivity index (χ4v) is 1.85. The summed E-state index contributed by atoms with van der Waals surface area (Å²) in [7, 11) is 0. The Morgan fingerprint density at radius 2 is 1.80 bits per heavy atom. The van der Waals surface area contributed by atoms with Gasteiger partial charge in [-0.05, 0) is 44.5 Å². The van der Waals surface area contributed by atoms with Crippen molar-refractivity contribution in [1.82, 2.24) is 0 Å². The third kappa shape index (κ3) is 6.87. The maximum absolute atomic E-state index is 11.6. The molecule has 0 bridgehead atoms. The number of hydrogen-bond acceptors (Lipinski definition) is 7. The van der Waals surface area contributed by atoms with Gasteiger partial charge in [-0.3, -0.25) is 14.4 Å². The maximum Gasteiger partial charge on any atom is 0.306 e. The molecule has 0 aliphatic carbocycles. The number of hydrogen-bond donors (Lipinski definition) is 1. The molecule has 1 aromatic rings. The number of ketones is 2. The fourth-order valence-electron chi connectivity index (χ4n) is 1.85. The van der Waals surface area contributed by atoms with Crippen molar-refractivity contribution in [3.8, 4) is 11.8 Å². The van der Waals surface area contributed by atoms with Crippen molar-refractivity contribution in [3.63, 3.8) is 0 Å². The number of allylic oxidation sites excluding steroid dienone is 1. The van der Waals surface area contributed by atoms with Crippen molar-refractivity contribution in [2.24, 2.45) is 5.73 Å². The molecule has 0 aromatic heterocycles. The van der Waals surface area contributed by atoms with Gasteiger partial charge >= 0.3 is 5.97 Å². The average Bonchev–Trinajstić information content (AvgIpc) is 2.57. The van der Waals surface area contributed by atoms with Gasteiger partial charge in [-0.2, -0.15) is 5.26 Å². The Morgan fingerprint density at radius 3 is 2.32 bits per heavy atom. The minimum absolute atomic E-state index is 0.0249. The largest absolute Gasteiger partial charge is 0.494 e. The quantitative estimate of drug-likeness (QED) is 0.239. The van der Waals surface area contributed by atoms with Gasteiger partial charge in [-0.25, -0.2) is 0 Å². The van der Waals surface area contributed by atoms with E-state index in [0.717, 1.165) is 0 Å². The van der Waals surface area contributed by atoms with Gasteiger partial charge in [0.1, 0.15) is 17.4 Å². The summed E-state index contributed by atoms with van der Waals surface area (Å²) in [6.07, 6.45) is 0.477. The Morgan fingerprint density at radius 1 is 1.16 bits per heavy atom. The highest BCUT2D eigenvalue weighted by molar-refractivity contribution is 6.01. The molecule has 0 radical (unpaired) electrons. The standard InChI is InChI=1S/C18H20N2O5/c1-12(20)16(10-19)17(22)11-25-18(23)4-3-9-24-15-7-5-14(6-8-15)13(2)21/h5-8H,3-4,9,11,20H2,1-2H3. The zero-order valence-electron chi connectivity index (χ0n) is 14.2. The molecule has 0 unspecified atom stereocenters. The topological polar surface area (TPSA) is 119 Å². The third-order valence-corrected chi connectivity index (χ3v) is 3.20. The average molecular weight is 344 g/mol. The first-order valence-electron chi connectivity index (χ1n) is 7.64. The number of nitriles is 1. The van der Waals surface area contributed by atoms with Crippen LogP contribution in [0, 0.1) is 11.3 Å². The number of carbonyl (C=O) groups excluding carboxylic acids is 3. The second kappa shape index (κ2) is 9.88. The normalized spacial score (nSPS) is 11.1. The number of carbonyl (C=O) groups is 3. The van der Waals surface area contributed by atoms with E-state index in [-0.39, 0.29) is 30.1 Å². The third-order valence-electron chi connectivity index (χ3n) is 3.20. The molecule has 0 spiro atoms. The molecular weight excluding hydrogens is 324 g/mol. The SMILES string of the molecule is CC(=O)c1ccc(OCCCC(=O)OCC(=O)C(C#N)=C(C)N)cc1. The number of esters is 1. The first kappa shape index (κ1) is 19.9. The minimum Gasteiger partial charge on any atom is -0.494 e. The lowest BCUT2D eigenvalue weighted by atomic mass is 10.1. The molecule has 7 heteroatoms. The Balaban J connectivity index is 2.29. The van der Waals surface area contributed by atoms with Crippen molar-refractivity contribution in [2.75, 3.05) is 13.2 Å². The van der Waals surface area contributed by atoms with E-state index in [9.17, 15) is 14.4 Å². The van der Waals surface area contributed by atoms with E-state index in [1.165, 1.54) is 13.8 Å². The van der Waals surface area contributed by atoms with E-state index < -0.39 is 18.4 Å². The Labute approximate surface area is 146 Å². The summed E-state index contributed by atoms with van der Waals surface area (Å²) in [6.45, 7) is 2.69. The van der Waals surface area contributed by atoms with Crippen LogP contribution in [0.2, 0.25) is 0 Å². The first-order chi connectivity index (χ1) is 11.8. The summed E-state index contributed by atoms with van der Waals surface area (Å²) in [5.74, 6) is -0.618. The molecule has 0 saturated carbocycles. The van der Waals surface area contributed by atoms with Crippen LogP contribution in [0.1, 0.15) is 37.0 Å². The van der Waals surface area contributed by atoms with Crippen molar-refractivity contribution in [2.45, 2.75) is 26.7 Å². The monoisotopic (exact) mass is 344 g/mol. The molecule has 0 aliphatic heterocycles. The van der Waals surface area contributed by atoms with Crippen LogP contribution in [0.5, 0.6) is 5.75 Å². The van der Waals surface area contributed by atoms with E-state index in [4.69, 9.17) is 20.5 Å². The number of Topliss-reactive ketones (excluding diaryl/α,β-unsaturated/α-hetero) is 2. The van der Waals surface area contributed by atoms with Crippen LogP contribution in [0.15, 0.2) is 35.5 Å². The van der Waals surface area contributed by atoms with Gasteiger partial charge in [-0.1, -0.05) is 0 Å². The molecule has 0 heterocycles. The molecule has 1 aromatic carbocycles. The predicted octanol–water partition coefficient (Wildman–Crippen LogP) is 1.92. The van der Waals surface area contributed by atoms with Crippen molar-refractivity contribution in [3.05, 3.63) is 41.1 Å². The summed E-state index contributed by atoms with van der Waals surface area (Å²) in [5.41, 5.74) is 5.88. The van der Waals surface area contributed by atoms with E-state index in [1.54, 1.807) is 30.3 Å². The van der Waals surface area contributed by atoms with Crippen molar-refractivity contribution < 1.29 is 23.9 Å². The van der Waals surface area contributed by atoms with Gasteiger partial charge in [0.25, 0.3) is 0 Å². The van der Waals surface area contributed by atoms with Gasteiger partial charge in [0, 0.05) is 17.7 Å². The number of nitrogens with zero attached hydrogens (tertiary/aromatic N) is 1. The molecule has 0 aliphatic rings. The number of nitrogens with two attached hydrogens (primary N) is 1. The zero-order chi connectivity index (χ0) is 18.8. The maximum atomic E-state index is 11.6. The van der Waals surface area contributed by atoms with Crippen LogP contribution in [0.4, 0.5) is 0 Å². The van der Waals surface area contributed by atoms with Crippen LogP contribution in [-0.4, -0.2) is 30.7 Å². The Kier molecular flexibility index (Phi) is 7.87. The van der Waals surface area contributed by atoms with Gasteiger partial charge < -0.3 is 15.2 Å². The minimum atomic E-state index is -0.627. The molecule has 0 amide bonds. The highest BCUT2D eigenvalue weighted by Crippen LogP contribution is 2.13. The summed E-state index contributed by atoms with van der Waals surface area (Å²) in [4.78, 5) is 34.3. The lowest BCUT2D eigenvalue weighted by molar-refractivity contribution is -0.147. The van der Waals surface area contributed by atoms with E-state index in [1.807, 2.05) is 0 Å². The summed E-state index contributed by atoms with van der Waals surface area (Å²) in [5, 5.41) is 8.78. The van der Waals surface area contributed by atoms with Crippen LogP contribution in [0.25, 0.3) is 0 Å². The Hall–Kier alpha value is -3.14. The van der Waals surface area contributed by atoms with Crippen LogP contribution >= 0.6 is 0 Å². The second-order valence-electron chi connectivity index (χ2n) is 5.29. The molecule has 132 valence electrons. The molecule has 0 fully saturated rings. The fraction of sp³-hybridized carbons (Fsp3) is 0.333. The zero-order valence-corrected chi connectivity index (χ0v) is 14.2. The molecule has 0 saturated heterocycles. The smallest absolute Gasteiger partial charge is 0.306 e. The molecule has 25 heavy (non-hydrogen) atoms. The van der Waals surface area contributed by atoms with E-state index >= 15 is 0 Å². The number of rotatable bonds is 9. The van der Waals surface area contributed by atoms with Gasteiger partial charge in [0.2, 0.25) is 5.78 Å². The molecule has 2 N–H and O–H groups in total. The van der Waals surface area contributed by atoms with Crippen LogP contribution < -0.4 is 10.5 Å². The second-order valence-corrected chi connectivity index (χ2v) is 5.29. The highest BCUT2D eigenvalue weighted by atomic mass is 16.5. The van der Waals surface area contributed by atoms with Crippen LogP contribution in [0.3, 0.4) is 0 Å². The van der Waals surface area contributed by atoms with Crippen LogP contribution in [-0.2, 0) is 14.3 Å². The summed E-state index contributed by atoms with van der Waals surface area (Å²) < 4.78 is 10.3. The summed E-state index contributed by atoms with van der Waals surface area (Å²) in [6, 6.07) is 8.37. The highest BCUT2D eigenvalue weighted by Gasteiger charge is 2.14. The van der Waals surface area contributed by atoms with Gasteiger partial charge in [0.05, 0.1) is 6.61 Å². The Bertz CT molecular complexity index is 710. The van der Waals surface area contributed by atoms with Crippen molar-refractivity contribution >= 4 is 17.5 Å². The first-order valence-corrected chi connectivity index (χ1v) is 7.64. The lowest BCUT2D eigenvalue weighted by Gasteiger charge is -2.07. The van der Waals surface area contributed by atoms with Gasteiger partial charge in [-0.15, -0.1) is 0 Å². The molecule has 0 atom stereocenters. The molecule has 1 rings (SSSR count). The van der Waals surface area contributed by atoms with Gasteiger partial charge in [0.15, 0.2) is 12.4 Å². The van der Waals surface area contributed by atoms with E-state index in [2.05, 4.69) is 0 Å². The number of benzene rings is 1. The lowest BCUT2D eigenvalue weighted by Crippen LogP contribution is -2.17. The molecule has 7 nitrogen and oxygen atoms in total. The number of ether oxygens (including phenoxy) is 2.